The number of amidine groups is 1. The van der Waals surface area contributed by atoms with Crippen LogP contribution in [0.25, 0.3) is 0 Å². The maximum atomic E-state index is 13.1. The van der Waals surface area contributed by atoms with Gasteiger partial charge in [0.15, 0.2) is 5.17 Å². The van der Waals surface area contributed by atoms with Gasteiger partial charge in [-0.3, -0.25) is 4.99 Å². The predicted molar refractivity (Wildman–Crippen MR) is 106 cm³/mol. The molecular formula is C19H28F3N3O2S. The molecule has 0 unspecified atom stereocenters. The fraction of sp³-hybridized carbons (Fsp3) is 0.684. The Morgan fingerprint density at radius 1 is 1.29 bits per heavy atom. The van der Waals surface area contributed by atoms with Gasteiger partial charge >= 0.3 is 12.3 Å². The topological polar surface area (TPSA) is 45.1 Å². The van der Waals surface area contributed by atoms with Gasteiger partial charge in [0.1, 0.15) is 5.60 Å². The van der Waals surface area contributed by atoms with Crippen molar-refractivity contribution < 1.29 is 22.7 Å². The van der Waals surface area contributed by atoms with Crippen LogP contribution in [-0.4, -0.2) is 65.1 Å². The number of halogens is 3. The lowest BCUT2D eigenvalue weighted by molar-refractivity contribution is -0.0884. The van der Waals surface area contributed by atoms with Crippen molar-refractivity contribution in [1.29, 1.82) is 0 Å². The van der Waals surface area contributed by atoms with E-state index >= 15 is 0 Å². The Kier molecular flexibility index (Phi) is 7.12. The zero-order valence-electron chi connectivity index (χ0n) is 17.0. The van der Waals surface area contributed by atoms with Gasteiger partial charge in [0, 0.05) is 32.2 Å². The number of piperazine rings is 1. The molecule has 0 aromatic carbocycles. The Bertz CT molecular complexity index is 681. The third-order valence-corrected chi connectivity index (χ3v) is 5.19. The number of amides is 1. The highest BCUT2D eigenvalue weighted by Gasteiger charge is 2.34. The van der Waals surface area contributed by atoms with Gasteiger partial charge in [-0.2, -0.15) is 13.2 Å². The lowest BCUT2D eigenvalue weighted by atomic mass is 10.2. The van der Waals surface area contributed by atoms with Crippen molar-refractivity contribution in [2.75, 3.05) is 26.2 Å². The summed E-state index contributed by atoms with van der Waals surface area (Å²) in [5.41, 5.74) is -1.18. The largest absolute Gasteiger partial charge is 0.444 e. The van der Waals surface area contributed by atoms with E-state index in [1.165, 1.54) is 23.9 Å². The van der Waals surface area contributed by atoms with Crippen LogP contribution in [-0.2, 0) is 4.74 Å². The first kappa shape index (κ1) is 22.6. The van der Waals surface area contributed by atoms with Crippen LogP contribution >= 0.6 is 11.8 Å². The number of ether oxygens (including phenoxy) is 1. The first-order valence-corrected chi connectivity index (χ1v) is 10.1. The molecule has 2 aliphatic heterocycles. The molecule has 28 heavy (non-hydrogen) atoms. The number of carbonyl (C=O) groups excluding carboxylic acids is 1. The summed E-state index contributed by atoms with van der Waals surface area (Å²) in [4.78, 5) is 21.1. The SMILES string of the molecule is C/C1=C\C(C(F)(F)F)=C/CCN=C(N2CCN(C(=O)OC(C)(C)C)C[C@H]2C)S1. The Morgan fingerprint density at radius 3 is 2.54 bits per heavy atom. The summed E-state index contributed by atoms with van der Waals surface area (Å²) in [6.45, 7) is 10.9. The quantitative estimate of drug-likeness (QED) is 0.565. The van der Waals surface area contributed by atoms with Gasteiger partial charge in [-0.1, -0.05) is 17.8 Å². The van der Waals surface area contributed by atoms with Crippen molar-refractivity contribution in [3.05, 3.63) is 22.6 Å². The van der Waals surface area contributed by atoms with E-state index in [2.05, 4.69) is 9.89 Å². The fourth-order valence-electron chi connectivity index (χ4n) is 2.95. The van der Waals surface area contributed by atoms with E-state index in [9.17, 15) is 18.0 Å². The monoisotopic (exact) mass is 419 g/mol. The molecule has 2 aliphatic rings. The van der Waals surface area contributed by atoms with Gasteiger partial charge in [0.2, 0.25) is 0 Å². The molecule has 2 rings (SSSR count). The zero-order valence-corrected chi connectivity index (χ0v) is 17.8. The number of allylic oxidation sites excluding steroid dienone is 3. The van der Waals surface area contributed by atoms with Gasteiger partial charge in [-0.25, -0.2) is 4.79 Å². The molecule has 0 N–H and O–H groups in total. The number of hydrogen-bond acceptors (Lipinski definition) is 5. The maximum absolute atomic E-state index is 13.1. The van der Waals surface area contributed by atoms with Crippen LogP contribution in [0.2, 0.25) is 0 Å². The van der Waals surface area contributed by atoms with Crippen molar-refractivity contribution in [1.82, 2.24) is 9.80 Å². The second-order valence-corrected chi connectivity index (χ2v) is 9.15. The van der Waals surface area contributed by atoms with Crippen molar-refractivity contribution in [3.8, 4) is 0 Å². The Balaban J connectivity index is 2.07. The number of rotatable bonds is 0. The second kappa shape index (κ2) is 8.80. The van der Waals surface area contributed by atoms with Crippen molar-refractivity contribution in [3.63, 3.8) is 0 Å². The molecule has 0 aromatic heterocycles. The van der Waals surface area contributed by atoms with Gasteiger partial charge in [0.05, 0.1) is 5.57 Å². The van der Waals surface area contributed by atoms with Gasteiger partial charge in [-0.05, 0) is 52.0 Å². The lowest BCUT2D eigenvalue weighted by Crippen LogP contribution is -2.55. The lowest BCUT2D eigenvalue weighted by Gasteiger charge is -2.41. The Morgan fingerprint density at radius 2 is 1.96 bits per heavy atom. The fourth-order valence-corrected chi connectivity index (χ4v) is 3.96. The van der Waals surface area contributed by atoms with Crippen LogP contribution < -0.4 is 0 Å². The number of alkyl halides is 3. The molecule has 0 bridgehead atoms. The van der Waals surface area contributed by atoms with Gasteiger partial charge in [-0.15, -0.1) is 0 Å². The van der Waals surface area contributed by atoms with E-state index in [1.54, 1.807) is 11.8 Å². The summed E-state index contributed by atoms with van der Waals surface area (Å²) in [7, 11) is 0. The summed E-state index contributed by atoms with van der Waals surface area (Å²) in [6, 6.07) is -0.0175. The molecule has 0 spiro atoms. The average molecular weight is 420 g/mol. The predicted octanol–water partition coefficient (Wildman–Crippen LogP) is 4.81. The zero-order chi connectivity index (χ0) is 21.1. The summed E-state index contributed by atoms with van der Waals surface area (Å²) < 4.78 is 44.7. The van der Waals surface area contributed by atoms with Gasteiger partial charge < -0.3 is 14.5 Å². The molecule has 1 fully saturated rings. The molecule has 5 nitrogen and oxygen atoms in total. The smallest absolute Gasteiger partial charge is 0.416 e. The minimum atomic E-state index is -4.36. The minimum absolute atomic E-state index is 0.0175. The molecular weight excluding hydrogens is 391 g/mol. The Hall–Kier alpha value is -1.64. The molecule has 158 valence electrons. The van der Waals surface area contributed by atoms with Crippen LogP contribution in [0.4, 0.5) is 18.0 Å². The summed E-state index contributed by atoms with van der Waals surface area (Å²) >= 11 is 1.25. The maximum Gasteiger partial charge on any atom is 0.416 e. The molecule has 1 atom stereocenters. The molecule has 2 heterocycles. The number of thioether (sulfide) groups is 1. The molecule has 0 saturated carbocycles. The number of hydrogen-bond donors (Lipinski definition) is 0. The van der Waals surface area contributed by atoms with E-state index in [0.29, 0.717) is 36.3 Å². The molecule has 1 saturated heterocycles. The Labute approximate surface area is 168 Å². The van der Waals surface area contributed by atoms with Crippen LogP contribution in [0.3, 0.4) is 0 Å². The van der Waals surface area contributed by atoms with E-state index in [4.69, 9.17) is 4.74 Å². The van der Waals surface area contributed by atoms with Crippen LogP contribution in [0.15, 0.2) is 27.6 Å². The molecule has 9 heteroatoms. The van der Waals surface area contributed by atoms with Crippen LogP contribution in [0.1, 0.15) is 41.0 Å². The summed E-state index contributed by atoms with van der Waals surface area (Å²) in [6.07, 6.45) is -2.11. The normalized spacial score (nSPS) is 26.1. The molecule has 0 aliphatic carbocycles. The first-order valence-electron chi connectivity index (χ1n) is 9.29. The van der Waals surface area contributed by atoms with E-state index in [0.717, 1.165) is 0 Å². The highest BCUT2D eigenvalue weighted by atomic mass is 32.2. The second-order valence-electron chi connectivity index (χ2n) is 7.94. The van der Waals surface area contributed by atoms with Gasteiger partial charge in [0.25, 0.3) is 0 Å². The summed E-state index contributed by atoms with van der Waals surface area (Å²) in [5, 5.41) is 0.696. The minimum Gasteiger partial charge on any atom is -0.444 e. The molecule has 1 amide bonds. The number of nitrogens with zero attached hydrogens (tertiary/aromatic N) is 3. The molecule has 0 radical (unpaired) electrons. The summed E-state index contributed by atoms with van der Waals surface area (Å²) in [5.74, 6) is 0. The van der Waals surface area contributed by atoms with Crippen LogP contribution in [0.5, 0.6) is 0 Å². The standard InChI is InChI=1S/C19H28F3N3O2S/c1-13-12-24(17(26)27-18(3,4)5)9-10-25(13)16-23-8-6-7-15(19(20,21)22)11-14(2)28-16/h7,11,13H,6,8-10,12H2,1-5H3/b14-11+,15-7+,23-16?/t13-/m1/s1. The number of aliphatic imine (C=N–C) groups is 1. The first-order chi connectivity index (χ1) is 12.9. The number of carbonyl (C=O) groups is 1. The third kappa shape index (κ3) is 6.46. The van der Waals surface area contributed by atoms with E-state index < -0.39 is 17.4 Å². The van der Waals surface area contributed by atoms with Crippen molar-refractivity contribution in [2.45, 2.75) is 58.9 Å². The van der Waals surface area contributed by atoms with E-state index in [-0.39, 0.29) is 18.6 Å². The molecule has 0 aromatic rings. The van der Waals surface area contributed by atoms with E-state index in [1.807, 2.05) is 27.7 Å². The average Bonchev–Trinajstić information content (AvgIpc) is 2.63. The van der Waals surface area contributed by atoms with Crippen LogP contribution in [0, 0.1) is 0 Å². The van der Waals surface area contributed by atoms with Crippen molar-refractivity contribution >= 4 is 23.0 Å². The highest BCUT2D eigenvalue weighted by molar-refractivity contribution is 8.17. The third-order valence-electron chi connectivity index (χ3n) is 4.20. The highest BCUT2D eigenvalue weighted by Crippen LogP contribution is 2.32. The van der Waals surface area contributed by atoms with Crippen molar-refractivity contribution in [2.24, 2.45) is 4.99 Å².